The summed E-state index contributed by atoms with van der Waals surface area (Å²) in [5.41, 5.74) is 8.45. The maximum atomic E-state index is 5.82. The fourth-order valence-corrected chi connectivity index (χ4v) is 1.63. The minimum absolute atomic E-state index is 0.356. The minimum atomic E-state index is 0.356. The number of anilines is 1. The number of nitrogen functional groups attached to an aromatic ring is 1. The molecule has 1 aromatic carbocycles. The summed E-state index contributed by atoms with van der Waals surface area (Å²) in [6.07, 6.45) is 0.790. The Morgan fingerprint density at radius 3 is 2.60 bits per heavy atom. The van der Waals surface area contributed by atoms with Gasteiger partial charge in [-0.2, -0.15) is 0 Å². The predicted octanol–water partition coefficient (Wildman–Crippen LogP) is 3.14. The van der Waals surface area contributed by atoms with Crippen LogP contribution in [0, 0.1) is 0 Å². The fourth-order valence-electron chi connectivity index (χ4n) is 1.50. The normalized spacial score (nSPS) is 10.5. The summed E-state index contributed by atoms with van der Waals surface area (Å²) >= 11 is 5.82. The zero-order chi connectivity index (χ0) is 10.8. The molecular formula is C11H11ClN2O. The van der Waals surface area contributed by atoms with Crippen LogP contribution in [0.5, 0.6) is 0 Å². The molecule has 0 bridgehead atoms. The van der Waals surface area contributed by atoms with Crippen molar-refractivity contribution < 1.29 is 4.52 Å². The van der Waals surface area contributed by atoms with Crippen LogP contribution in [0.3, 0.4) is 0 Å². The van der Waals surface area contributed by atoms with Gasteiger partial charge in [0, 0.05) is 5.02 Å². The largest absolute Gasteiger partial charge is 0.367 e. The van der Waals surface area contributed by atoms with Crippen LogP contribution in [0.15, 0.2) is 28.8 Å². The highest BCUT2D eigenvalue weighted by Gasteiger charge is 2.13. The third-order valence-corrected chi connectivity index (χ3v) is 2.51. The van der Waals surface area contributed by atoms with Gasteiger partial charge in [0.05, 0.1) is 11.3 Å². The maximum absolute atomic E-state index is 5.82. The molecule has 15 heavy (non-hydrogen) atoms. The van der Waals surface area contributed by atoms with Crippen LogP contribution < -0.4 is 5.73 Å². The summed E-state index contributed by atoms with van der Waals surface area (Å²) in [5, 5.41) is 4.60. The maximum Gasteiger partial charge on any atom is 0.230 e. The molecule has 0 amide bonds. The first-order valence-corrected chi connectivity index (χ1v) is 5.10. The van der Waals surface area contributed by atoms with Gasteiger partial charge in [0.15, 0.2) is 0 Å². The van der Waals surface area contributed by atoms with Crippen LogP contribution in [0.1, 0.15) is 12.6 Å². The Kier molecular flexibility index (Phi) is 2.64. The molecular weight excluding hydrogens is 212 g/mol. The van der Waals surface area contributed by atoms with Crippen LogP contribution in [-0.2, 0) is 6.42 Å². The lowest BCUT2D eigenvalue weighted by Crippen LogP contribution is -1.88. The van der Waals surface area contributed by atoms with Crippen LogP contribution in [0.4, 0.5) is 5.88 Å². The summed E-state index contributed by atoms with van der Waals surface area (Å²) in [6.45, 7) is 2.01. The number of aryl methyl sites for hydroxylation is 1. The second-order valence-corrected chi connectivity index (χ2v) is 3.67. The van der Waals surface area contributed by atoms with E-state index in [1.165, 1.54) is 0 Å². The molecule has 0 aliphatic heterocycles. The van der Waals surface area contributed by atoms with E-state index in [2.05, 4.69) is 5.16 Å². The monoisotopic (exact) mass is 222 g/mol. The summed E-state index contributed by atoms with van der Waals surface area (Å²) in [7, 11) is 0. The first-order valence-electron chi connectivity index (χ1n) is 4.72. The lowest BCUT2D eigenvalue weighted by Gasteiger charge is -2.00. The Morgan fingerprint density at radius 2 is 2.00 bits per heavy atom. The fraction of sp³-hybridized carbons (Fsp3) is 0.182. The third kappa shape index (κ3) is 1.83. The topological polar surface area (TPSA) is 52.0 Å². The highest BCUT2D eigenvalue weighted by molar-refractivity contribution is 6.30. The number of rotatable bonds is 2. The zero-order valence-electron chi connectivity index (χ0n) is 8.33. The molecule has 2 aromatic rings. The van der Waals surface area contributed by atoms with Gasteiger partial charge in [-0.25, -0.2) is 0 Å². The zero-order valence-corrected chi connectivity index (χ0v) is 9.08. The summed E-state index contributed by atoms with van der Waals surface area (Å²) < 4.78 is 4.97. The van der Waals surface area contributed by atoms with E-state index in [0.717, 1.165) is 23.2 Å². The first-order chi connectivity index (χ1) is 7.22. The molecule has 0 saturated carbocycles. The Hall–Kier alpha value is -1.48. The molecule has 1 aromatic heterocycles. The highest BCUT2D eigenvalue weighted by Crippen LogP contribution is 2.30. The number of hydrogen-bond acceptors (Lipinski definition) is 3. The van der Waals surface area contributed by atoms with Gasteiger partial charge in [0.2, 0.25) is 5.88 Å². The first kappa shape index (κ1) is 10.1. The minimum Gasteiger partial charge on any atom is -0.367 e. The number of aromatic nitrogens is 1. The number of nitrogens with two attached hydrogens (primary N) is 1. The molecule has 78 valence electrons. The van der Waals surface area contributed by atoms with Crippen molar-refractivity contribution in [1.29, 1.82) is 0 Å². The Balaban J connectivity index is 2.52. The van der Waals surface area contributed by atoms with Crippen molar-refractivity contribution in [2.75, 3.05) is 5.73 Å². The van der Waals surface area contributed by atoms with Gasteiger partial charge in [-0.3, -0.25) is 0 Å². The van der Waals surface area contributed by atoms with Gasteiger partial charge >= 0.3 is 0 Å². The lowest BCUT2D eigenvalue weighted by molar-refractivity contribution is 0.428. The van der Waals surface area contributed by atoms with E-state index in [-0.39, 0.29) is 0 Å². The molecule has 0 aliphatic rings. The molecule has 3 nitrogen and oxygen atoms in total. The smallest absolute Gasteiger partial charge is 0.230 e. The number of hydrogen-bond donors (Lipinski definition) is 1. The van der Waals surface area contributed by atoms with Crippen LogP contribution in [0.25, 0.3) is 11.1 Å². The second kappa shape index (κ2) is 3.95. The van der Waals surface area contributed by atoms with Gasteiger partial charge in [-0.15, -0.1) is 0 Å². The summed E-state index contributed by atoms with van der Waals surface area (Å²) in [6, 6.07) is 7.46. The summed E-state index contributed by atoms with van der Waals surface area (Å²) in [5.74, 6) is 0.356. The molecule has 4 heteroatoms. The van der Waals surface area contributed by atoms with Crippen LogP contribution >= 0.6 is 11.6 Å². The van der Waals surface area contributed by atoms with E-state index < -0.39 is 0 Å². The standard InChI is InChI=1S/C11H11ClN2O/c1-2-9-10(11(13)15-14-9)7-3-5-8(12)6-4-7/h3-6H,2,13H2,1H3. The van der Waals surface area contributed by atoms with Crippen molar-refractivity contribution in [1.82, 2.24) is 5.16 Å². The van der Waals surface area contributed by atoms with E-state index in [0.29, 0.717) is 10.9 Å². The van der Waals surface area contributed by atoms with Gasteiger partial charge < -0.3 is 10.3 Å². The molecule has 0 spiro atoms. The molecule has 0 fully saturated rings. The third-order valence-electron chi connectivity index (χ3n) is 2.26. The lowest BCUT2D eigenvalue weighted by atomic mass is 10.0. The van der Waals surface area contributed by atoms with Gasteiger partial charge in [-0.1, -0.05) is 35.8 Å². The number of nitrogens with zero attached hydrogens (tertiary/aromatic N) is 1. The molecule has 0 unspecified atom stereocenters. The molecule has 1 heterocycles. The van der Waals surface area contributed by atoms with E-state index in [4.69, 9.17) is 21.9 Å². The Bertz CT molecular complexity index is 462. The van der Waals surface area contributed by atoms with Gasteiger partial charge in [0.1, 0.15) is 0 Å². The van der Waals surface area contributed by atoms with Crippen molar-refractivity contribution >= 4 is 17.5 Å². The quantitative estimate of drug-likeness (QED) is 0.849. The molecule has 0 saturated heterocycles. The van der Waals surface area contributed by atoms with Crippen molar-refractivity contribution in [3.8, 4) is 11.1 Å². The molecule has 0 aliphatic carbocycles. The Morgan fingerprint density at radius 1 is 1.33 bits per heavy atom. The Labute approximate surface area is 92.8 Å². The van der Waals surface area contributed by atoms with Crippen molar-refractivity contribution in [2.45, 2.75) is 13.3 Å². The molecule has 2 N–H and O–H groups in total. The van der Waals surface area contributed by atoms with Gasteiger partial charge in [-0.05, 0) is 24.1 Å². The number of halogens is 1. The van der Waals surface area contributed by atoms with E-state index in [9.17, 15) is 0 Å². The molecule has 0 radical (unpaired) electrons. The second-order valence-electron chi connectivity index (χ2n) is 3.23. The highest BCUT2D eigenvalue weighted by atomic mass is 35.5. The van der Waals surface area contributed by atoms with E-state index in [1.807, 2.05) is 31.2 Å². The van der Waals surface area contributed by atoms with Crippen molar-refractivity contribution in [3.05, 3.63) is 35.0 Å². The van der Waals surface area contributed by atoms with E-state index >= 15 is 0 Å². The van der Waals surface area contributed by atoms with Gasteiger partial charge in [0.25, 0.3) is 0 Å². The van der Waals surface area contributed by atoms with Crippen molar-refractivity contribution in [3.63, 3.8) is 0 Å². The van der Waals surface area contributed by atoms with Crippen LogP contribution in [0.2, 0.25) is 5.02 Å². The van der Waals surface area contributed by atoms with E-state index in [1.54, 1.807) is 0 Å². The predicted molar refractivity (Wildman–Crippen MR) is 60.7 cm³/mol. The SMILES string of the molecule is CCc1noc(N)c1-c1ccc(Cl)cc1. The van der Waals surface area contributed by atoms with Crippen molar-refractivity contribution in [2.24, 2.45) is 0 Å². The molecule has 2 rings (SSSR count). The molecule has 0 atom stereocenters. The average molecular weight is 223 g/mol. The number of benzene rings is 1. The average Bonchev–Trinajstić information content (AvgIpc) is 2.61. The summed E-state index contributed by atoms with van der Waals surface area (Å²) in [4.78, 5) is 0. The van der Waals surface area contributed by atoms with Crippen LogP contribution in [-0.4, -0.2) is 5.16 Å².